The van der Waals surface area contributed by atoms with Gasteiger partial charge >= 0.3 is 11.9 Å². The highest BCUT2D eigenvalue weighted by Crippen LogP contribution is 2.26. The van der Waals surface area contributed by atoms with E-state index in [1.165, 1.54) is 44.9 Å². The molecule has 7 N–H and O–H groups in total. The lowest BCUT2D eigenvalue weighted by molar-refractivity contribution is -0.332. The molecule has 2 aliphatic rings. The molecular weight excluding hydrogens is 829 g/mol. The van der Waals surface area contributed by atoms with Crippen LogP contribution in [0.4, 0.5) is 0 Å². The Kier molecular flexibility index (Phi) is 32.5. The molecule has 15 heteroatoms. The van der Waals surface area contributed by atoms with E-state index < -0.39 is 99.3 Å². The van der Waals surface area contributed by atoms with Gasteiger partial charge in [-0.05, 0) is 51.4 Å². The third-order valence-electron chi connectivity index (χ3n) is 11.0. The summed E-state index contributed by atoms with van der Waals surface area (Å²) in [5.74, 6) is -1.03. The molecule has 4 unspecified atom stereocenters. The minimum Gasteiger partial charge on any atom is -0.462 e. The Morgan fingerprint density at radius 2 is 0.969 bits per heavy atom. The molecule has 0 aliphatic carbocycles. The van der Waals surface area contributed by atoms with Crippen LogP contribution in [0.25, 0.3) is 0 Å². The molecule has 0 aromatic rings. The van der Waals surface area contributed by atoms with Crippen molar-refractivity contribution in [1.29, 1.82) is 0 Å². The molecule has 0 aromatic carbocycles. The van der Waals surface area contributed by atoms with E-state index in [0.29, 0.717) is 12.8 Å². The average Bonchev–Trinajstić information content (AvgIpc) is 3.29. The predicted molar refractivity (Wildman–Crippen MR) is 243 cm³/mol. The number of allylic oxidation sites excluding steroid dienone is 10. The molecule has 0 amide bonds. The van der Waals surface area contributed by atoms with Gasteiger partial charge in [0.05, 0.1) is 19.8 Å². The van der Waals surface area contributed by atoms with Crippen LogP contribution in [0.2, 0.25) is 0 Å². The molecule has 2 saturated heterocycles. The van der Waals surface area contributed by atoms with Crippen molar-refractivity contribution in [3.05, 3.63) is 60.8 Å². The quantitative estimate of drug-likeness (QED) is 0.0230. The Balaban J connectivity index is 1.84. The maximum atomic E-state index is 12.9. The summed E-state index contributed by atoms with van der Waals surface area (Å²) < 4.78 is 33.3. The summed E-state index contributed by atoms with van der Waals surface area (Å²) in [5.41, 5.74) is 0. The summed E-state index contributed by atoms with van der Waals surface area (Å²) in [4.78, 5) is 25.6. The monoisotopic (exact) mass is 911 g/mol. The van der Waals surface area contributed by atoms with E-state index >= 15 is 0 Å². The molecule has 2 fully saturated rings. The van der Waals surface area contributed by atoms with Crippen molar-refractivity contribution in [2.75, 3.05) is 26.4 Å². The summed E-state index contributed by atoms with van der Waals surface area (Å²) in [6.07, 6.45) is 22.9. The average molecular weight is 911 g/mol. The molecule has 0 spiro atoms. The third-order valence-corrected chi connectivity index (χ3v) is 11.0. The number of rotatable bonds is 35. The van der Waals surface area contributed by atoms with Gasteiger partial charge in [0.25, 0.3) is 0 Å². The van der Waals surface area contributed by atoms with Crippen LogP contribution in [0.1, 0.15) is 142 Å². The lowest BCUT2D eigenvalue weighted by Gasteiger charge is -2.42. The number of hydrogen-bond donors (Lipinski definition) is 7. The summed E-state index contributed by atoms with van der Waals surface area (Å²) in [6, 6.07) is 0. The molecule has 11 atom stereocenters. The number of aliphatic hydroxyl groups is 7. The molecule has 0 aromatic heterocycles. The van der Waals surface area contributed by atoms with Crippen molar-refractivity contribution < 1.29 is 73.8 Å². The molecule has 64 heavy (non-hydrogen) atoms. The Morgan fingerprint density at radius 3 is 1.53 bits per heavy atom. The highest BCUT2D eigenvalue weighted by Gasteiger charge is 2.47. The number of esters is 2. The maximum Gasteiger partial charge on any atom is 0.306 e. The van der Waals surface area contributed by atoms with E-state index in [1.807, 2.05) is 12.2 Å². The molecule has 2 aliphatic heterocycles. The molecule has 368 valence electrons. The topological polar surface area (TPSA) is 231 Å². The van der Waals surface area contributed by atoms with Gasteiger partial charge in [0, 0.05) is 12.8 Å². The van der Waals surface area contributed by atoms with Crippen LogP contribution in [0, 0.1) is 0 Å². The van der Waals surface area contributed by atoms with Crippen molar-refractivity contribution in [3.8, 4) is 0 Å². The fourth-order valence-electron chi connectivity index (χ4n) is 7.02. The van der Waals surface area contributed by atoms with E-state index in [2.05, 4.69) is 62.5 Å². The second kappa shape index (κ2) is 36.3. The van der Waals surface area contributed by atoms with Gasteiger partial charge in [-0.3, -0.25) is 9.59 Å². The summed E-state index contributed by atoms with van der Waals surface area (Å²) in [5, 5.41) is 71.8. The number of carbonyl (C=O) groups is 2. The van der Waals surface area contributed by atoms with Gasteiger partial charge in [0.1, 0.15) is 55.4 Å². The third kappa shape index (κ3) is 24.6. The molecule has 2 heterocycles. The Morgan fingerprint density at radius 1 is 0.500 bits per heavy atom. The molecule has 0 saturated carbocycles. The molecule has 0 bridgehead atoms. The van der Waals surface area contributed by atoms with Crippen molar-refractivity contribution in [2.24, 2.45) is 0 Å². The van der Waals surface area contributed by atoms with E-state index in [9.17, 15) is 45.3 Å². The van der Waals surface area contributed by atoms with Crippen LogP contribution >= 0.6 is 0 Å². The number of carbonyl (C=O) groups excluding carboxylic acids is 2. The van der Waals surface area contributed by atoms with Crippen LogP contribution in [-0.2, 0) is 38.0 Å². The fourth-order valence-corrected chi connectivity index (χ4v) is 7.02. The van der Waals surface area contributed by atoms with Crippen LogP contribution in [0.3, 0.4) is 0 Å². The van der Waals surface area contributed by atoms with Crippen LogP contribution in [-0.4, -0.2) is 142 Å². The highest BCUT2D eigenvalue weighted by atomic mass is 16.7. The van der Waals surface area contributed by atoms with E-state index in [4.69, 9.17) is 28.4 Å². The Hall–Kier alpha value is -2.80. The number of aliphatic hydroxyl groups excluding tert-OH is 7. The summed E-state index contributed by atoms with van der Waals surface area (Å²) >= 11 is 0. The standard InChI is InChI=1S/C49H82O15/c1-3-5-7-9-11-13-14-15-16-17-18-19-20-21-22-24-25-27-29-31-40(51)59-34-37(62-41(52)32-30-28-26-23-12-10-8-6-4-2)35-60-48-47(58)45(56)43(54)39(64-48)36-61-49-46(57)44(55)42(53)38(33-50)63-49/h11,13,15-16,18-19,21-22,25,27,37-39,42-50,53-58H,3-10,12,14,17,20,23-24,26,28-36H2,1-2H3/b13-11+,16-15+,19-18+,22-21+,27-25+/t37-,38+,39+,42-,43-,44?,45?,46?,47?,48+,49+/m0/s1. The first-order valence-corrected chi connectivity index (χ1v) is 23.9. The molecular formula is C49H82O15. The summed E-state index contributed by atoms with van der Waals surface area (Å²) in [6.45, 7) is 2.43. The van der Waals surface area contributed by atoms with Gasteiger partial charge in [-0.25, -0.2) is 0 Å². The first kappa shape index (κ1) is 57.3. The Bertz CT molecular complexity index is 1350. The largest absolute Gasteiger partial charge is 0.462 e. The minimum atomic E-state index is -1.77. The van der Waals surface area contributed by atoms with Crippen LogP contribution in [0.15, 0.2) is 60.8 Å². The van der Waals surface area contributed by atoms with Gasteiger partial charge in [0.2, 0.25) is 0 Å². The number of hydrogen-bond acceptors (Lipinski definition) is 15. The lowest BCUT2D eigenvalue weighted by atomic mass is 9.98. The minimum absolute atomic E-state index is 0.0930. The van der Waals surface area contributed by atoms with Gasteiger partial charge < -0.3 is 64.2 Å². The van der Waals surface area contributed by atoms with Gasteiger partial charge in [-0.15, -0.1) is 0 Å². The van der Waals surface area contributed by atoms with Crippen molar-refractivity contribution in [1.82, 2.24) is 0 Å². The van der Waals surface area contributed by atoms with Gasteiger partial charge in [0.15, 0.2) is 18.7 Å². The fraction of sp³-hybridized carbons (Fsp3) is 0.755. The first-order chi connectivity index (χ1) is 31.0. The Labute approximate surface area is 381 Å². The van der Waals surface area contributed by atoms with E-state index in [1.54, 1.807) is 0 Å². The van der Waals surface area contributed by atoms with Crippen molar-refractivity contribution in [3.63, 3.8) is 0 Å². The van der Waals surface area contributed by atoms with E-state index in [0.717, 1.165) is 57.8 Å². The smallest absolute Gasteiger partial charge is 0.306 e. The van der Waals surface area contributed by atoms with Gasteiger partial charge in [-0.2, -0.15) is 0 Å². The normalized spacial score (nSPS) is 27.1. The van der Waals surface area contributed by atoms with E-state index in [-0.39, 0.29) is 19.4 Å². The SMILES string of the molecule is CCCCC/C=C/C/C=C/C/C=C/C/C=C/C/C=C/CCC(=O)OC[C@@H](CO[C@@H]1O[C@H](CO[C@@H]2O[C@H](CO)[C@H](O)C(O)C2O)[C@H](O)C(O)C1O)OC(=O)CCCCCCCCCCC. The van der Waals surface area contributed by atoms with Gasteiger partial charge in [-0.1, -0.05) is 139 Å². The molecule has 0 radical (unpaired) electrons. The zero-order valence-electron chi connectivity index (χ0n) is 38.5. The van der Waals surface area contributed by atoms with Crippen LogP contribution < -0.4 is 0 Å². The molecule has 15 nitrogen and oxygen atoms in total. The maximum absolute atomic E-state index is 12.9. The van der Waals surface area contributed by atoms with Crippen molar-refractivity contribution in [2.45, 2.75) is 210 Å². The molecule has 2 rings (SSSR count). The highest BCUT2D eigenvalue weighted by molar-refractivity contribution is 5.70. The zero-order chi connectivity index (χ0) is 46.8. The van der Waals surface area contributed by atoms with Crippen LogP contribution in [0.5, 0.6) is 0 Å². The predicted octanol–water partition coefficient (Wildman–Crippen LogP) is 5.70. The zero-order valence-corrected chi connectivity index (χ0v) is 38.5. The lowest BCUT2D eigenvalue weighted by Crippen LogP contribution is -2.61. The first-order valence-electron chi connectivity index (χ1n) is 23.9. The second-order valence-electron chi connectivity index (χ2n) is 16.6. The second-order valence-corrected chi connectivity index (χ2v) is 16.6. The number of unbranched alkanes of at least 4 members (excludes halogenated alkanes) is 11. The van der Waals surface area contributed by atoms with Crippen molar-refractivity contribution >= 4 is 11.9 Å². The number of ether oxygens (including phenoxy) is 6. The summed E-state index contributed by atoms with van der Waals surface area (Å²) in [7, 11) is 0.